The number of rotatable bonds is 12. The van der Waals surface area contributed by atoms with Crippen molar-refractivity contribution >= 4 is 11.8 Å². The van der Waals surface area contributed by atoms with Crippen LogP contribution in [0.15, 0.2) is 72.8 Å². The molecule has 1 atom stereocenters. The third-order valence-electron chi connectivity index (χ3n) is 6.09. The van der Waals surface area contributed by atoms with Gasteiger partial charge in [0.25, 0.3) is 5.91 Å². The Kier molecular flexibility index (Phi) is 10.0. The van der Waals surface area contributed by atoms with Gasteiger partial charge in [0.05, 0.1) is 0 Å². The van der Waals surface area contributed by atoms with Crippen LogP contribution in [0.4, 0.5) is 4.39 Å². The Bertz CT molecular complexity index is 1150. The maximum absolute atomic E-state index is 14.6. The van der Waals surface area contributed by atoms with E-state index in [-0.39, 0.29) is 25.0 Å². The first-order valence-corrected chi connectivity index (χ1v) is 12.4. The molecule has 0 unspecified atom stereocenters. The van der Waals surface area contributed by atoms with E-state index in [1.165, 1.54) is 11.0 Å². The highest BCUT2D eigenvalue weighted by atomic mass is 19.1. The Labute approximate surface area is 213 Å². The minimum Gasteiger partial charge on any atom is -0.483 e. The van der Waals surface area contributed by atoms with Gasteiger partial charge in [-0.3, -0.25) is 9.59 Å². The number of carbonyl (C=O) groups is 2. The lowest BCUT2D eigenvalue weighted by Gasteiger charge is -2.31. The molecular weight excluding hydrogens is 455 g/mol. The van der Waals surface area contributed by atoms with Gasteiger partial charge in [0.15, 0.2) is 6.61 Å². The highest BCUT2D eigenvalue weighted by molar-refractivity contribution is 5.88. The van der Waals surface area contributed by atoms with Crippen LogP contribution in [0, 0.1) is 19.7 Å². The third kappa shape index (κ3) is 7.67. The number of carbonyl (C=O) groups excluding carboxylic acids is 2. The van der Waals surface area contributed by atoms with E-state index in [4.69, 9.17) is 4.74 Å². The third-order valence-corrected chi connectivity index (χ3v) is 6.09. The summed E-state index contributed by atoms with van der Waals surface area (Å²) in [4.78, 5) is 28.4. The summed E-state index contributed by atoms with van der Waals surface area (Å²) >= 11 is 0. The molecule has 0 bridgehead atoms. The monoisotopic (exact) mass is 490 g/mol. The van der Waals surface area contributed by atoms with E-state index in [9.17, 15) is 14.0 Å². The zero-order valence-electron chi connectivity index (χ0n) is 21.3. The topological polar surface area (TPSA) is 58.6 Å². The number of nitrogens with one attached hydrogen (secondary N) is 1. The van der Waals surface area contributed by atoms with Crippen LogP contribution in [0.1, 0.15) is 42.0 Å². The molecule has 1 N–H and O–H groups in total. The average Bonchev–Trinajstić information content (AvgIpc) is 2.88. The van der Waals surface area contributed by atoms with E-state index in [1.54, 1.807) is 18.2 Å². The first-order chi connectivity index (χ1) is 17.4. The molecule has 0 heterocycles. The second-order valence-electron chi connectivity index (χ2n) is 9.02. The highest BCUT2D eigenvalue weighted by Gasteiger charge is 2.31. The standard InChI is InChI=1S/C30H35FN2O3/c1-4-5-17-32-30(35)27(19-24-11-7-6-8-12-24)33(20-25-13-9-10-14-26(25)31)29(34)21-36-28-18-22(2)15-16-23(28)3/h6-16,18,27H,4-5,17,19-21H2,1-3H3,(H,32,35)/t27-/m0/s1. The largest absolute Gasteiger partial charge is 0.483 e. The number of nitrogens with zero attached hydrogens (tertiary/aromatic N) is 1. The molecule has 5 nitrogen and oxygen atoms in total. The number of benzene rings is 3. The molecule has 3 rings (SSSR count). The summed E-state index contributed by atoms with van der Waals surface area (Å²) < 4.78 is 20.5. The smallest absolute Gasteiger partial charge is 0.261 e. The van der Waals surface area contributed by atoms with E-state index >= 15 is 0 Å². The van der Waals surface area contributed by atoms with Crippen LogP contribution in [0.25, 0.3) is 0 Å². The summed E-state index contributed by atoms with van der Waals surface area (Å²) in [6, 6.07) is 20.8. The van der Waals surface area contributed by atoms with Gasteiger partial charge in [-0.15, -0.1) is 0 Å². The lowest BCUT2D eigenvalue weighted by Crippen LogP contribution is -2.52. The van der Waals surface area contributed by atoms with Crippen molar-refractivity contribution in [2.24, 2.45) is 0 Å². The van der Waals surface area contributed by atoms with Gasteiger partial charge in [0.2, 0.25) is 5.91 Å². The summed E-state index contributed by atoms with van der Waals surface area (Å²) in [7, 11) is 0. The molecule has 36 heavy (non-hydrogen) atoms. The predicted molar refractivity (Wildman–Crippen MR) is 140 cm³/mol. The number of hydrogen-bond acceptors (Lipinski definition) is 3. The van der Waals surface area contributed by atoms with Crippen LogP contribution in [0.2, 0.25) is 0 Å². The number of ether oxygens (including phenoxy) is 1. The Balaban J connectivity index is 1.91. The Morgan fingerprint density at radius 2 is 1.72 bits per heavy atom. The van der Waals surface area contributed by atoms with Crippen LogP contribution in [0.3, 0.4) is 0 Å². The molecule has 2 amide bonds. The Morgan fingerprint density at radius 1 is 1.00 bits per heavy atom. The minimum absolute atomic E-state index is 0.0413. The van der Waals surface area contributed by atoms with E-state index in [0.29, 0.717) is 24.3 Å². The van der Waals surface area contributed by atoms with Crippen LogP contribution < -0.4 is 10.1 Å². The van der Waals surface area contributed by atoms with Gasteiger partial charge < -0.3 is 15.0 Å². The molecule has 0 radical (unpaired) electrons. The first kappa shape index (κ1) is 26.9. The lowest BCUT2D eigenvalue weighted by molar-refractivity contribution is -0.142. The molecular formula is C30H35FN2O3. The van der Waals surface area contributed by atoms with Gasteiger partial charge in [-0.25, -0.2) is 4.39 Å². The van der Waals surface area contributed by atoms with E-state index in [1.807, 2.05) is 69.3 Å². The van der Waals surface area contributed by atoms with E-state index in [2.05, 4.69) is 5.32 Å². The second-order valence-corrected chi connectivity index (χ2v) is 9.02. The lowest BCUT2D eigenvalue weighted by atomic mass is 10.0. The summed E-state index contributed by atoms with van der Waals surface area (Å²) in [5, 5.41) is 2.96. The van der Waals surface area contributed by atoms with Crippen molar-refractivity contribution in [3.05, 3.63) is 101 Å². The van der Waals surface area contributed by atoms with Crippen LogP contribution >= 0.6 is 0 Å². The predicted octanol–water partition coefficient (Wildman–Crippen LogP) is 5.38. The number of hydrogen-bond donors (Lipinski definition) is 1. The van der Waals surface area contributed by atoms with Crippen molar-refractivity contribution in [1.29, 1.82) is 0 Å². The van der Waals surface area contributed by atoms with Gasteiger partial charge in [-0.1, -0.05) is 74.0 Å². The van der Waals surface area contributed by atoms with Crippen molar-refractivity contribution in [3.63, 3.8) is 0 Å². The Hall–Kier alpha value is -3.67. The molecule has 3 aromatic carbocycles. The zero-order valence-corrected chi connectivity index (χ0v) is 21.3. The second kappa shape index (κ2) is 13.4. The molecule has 3 aromatic rings. The quantitative estimate of drug-likeness (QED) is 0.347. The molecule has 0 aliphatic carbocycles. The number of amides is 2. The van der Waals surface area contributed by atoms with Crippen molar-refractivity contribution < 1.29 is 18.7 Å². The average molecular weight is 491 g/mol. The maximum atomic E-state index is 14.6. The summed E-state index contributed by atoms with van der Waals surface area (Å²) in [6.07, 6.45) is 2.08. The minimum atomic E-state index is -0.821. The van der Waals surface area contributed by atoms with Crippen LogP contribution in [-0.2, 0) is 22.6 Å². The van der Waals surface area contributed by atoms with E-state index in [0.717, 1.165) is 29.5 Å². The van der Waals surface area contributed by atoms with Crippen molar-refractivity contribution in [3.8, 4) is 5.75 Å². The molecule has 6 heteroatoms. The number of unbranched alkanes of at least 4 members (excludes halogenated alkanes) is 1. The molecule has 0 saturated carbocycles. The van der Waals surface area contributed by atoms with Gasteiger partial charge in [-0.2, -0.15) is 0 Å². The van der Waals surface area contributed by atoms with Gasteiger partial charge >= 0.3 is 0 Å². The molecule has 0 aromatic heterocycles. The fraction of sp³-hybridized carbons (Fsp3) is 0.333. The SMILES string of the molecule is CCCCNC(=O)[C@H](Cc1ccccc1)N(Cc1ccccc1F)C(=O)COc1cc(C)ccc1C. The fourth-order valence-electron chi connectivity index (χ4n) is 3.96. The first-order valence-electron chi connectivity index (χ1n) is 12.4. The zero-order chi connectivity index (χ0) is 25.9. The van der Waals surface area contributed by atoms with Crippen molar-refractivity contribution in [2.45, 2.75) is 52.6 Å². The van der Waals surface area contributed by atoms with Gasteiger partial charge in [0, 0.05) is 25.1 Å². The van der Waals surface area contributed by atoms with Crippen molar-refractivity contribution in [1.82, 2.24) is 10.2 Å². The summed E-state index contributed by atoms with van der Waals surface area (Å²) in [6.45, 7) is 6.13. The normalized spacial score (nSPS) is 11.6. The highest BCUT2D eigenvalue weighted by Crippen LogP contribution is 2.21. The molecule has 0 fully saturated rings. The van der Waals surface area contributed by atoms with Crippen LogP contribution in [0.5, 0.6) is 5.75 Å². The molecule has 0 spiro atoms. The number of halogens is 1. The van der Waals surface area contributed by atoms with Crippen molar-refractivity contribution in [2.75, 3.05) is 13.2 Å². The fourth-order valence-corrected chi connectivity index (χ4v) is 3.96. The summed E-state index contributed by atoms with van der Waals surface area (Å²) in [5.41, 5.74) is 3.18. The van der Waals surface area contributed by atoms with Crippen LogP contribution in [-0.4, -0.2) is 35.9 Å². The van der Waals surface area contributed by atoms with E-state index < -0.39 is 11.9 Å². The molecule has 0 aliphatic rings. The van der Waals surface area contributed by atoms with Gasteiger partial charge in [-0.05, 0) is 49.1 Å². The molecule has 0 saturated heterocycles. The molecule has 0 aliphatic heterocycles. The summed E-state index contributed by atoms with van der Waals surface area (Å²) in [5.74, 6) is -0.453. The number of aryl methyl sites for hydroxylation is 2. The van der Waals surface area contributed by atoms with Gasteiger partial charge in [0.1, 0.15) is 17.6 Å². The maximum Gasteiger partial charge on any atom is 0.261 e. The molecule has 190 valence electrons. The Morgan fingerprint density at radius 3 is 2.44 bits per heavy atom.